The summed E-state index contributed by atoms with van der Waals surface area (Å²) in [7, 11) is 3.77. The van der Waals surface area contributed by atoms with Gasteiger partial charge in [0.2, 0.25) is 0 Å². The maximum atomic E-state index is 12.1. The molecule has 1 aliphatic rings. The third kappa shape index (κ3) is 3.20. The molecule has 1 atom stereocenters. The van der Waals surface area contributed by atoms with E-state index in [2.05, 4.69) is 10.4 Å². The number of halogens is 1. The van der Waals surface area contributed by atoms with Gasteiger partial charge in [-0.1, -0.05) is 0 Å². The number of likely N-dealkylation sites (tertiary alicyclic amines) is 1. The molecule has 1 aliphatic heterocycles. The Morgan fingerprint density at radius 1 is 1.59 bits per heavy atom. The van der Waals surface area contributed by atoms with Crippen LogP contribution in [0.1, 0.15) is 23.2 Å². The number of carbonyl (C=O) groups excluding carboxylic acids is 1. The number of piperidine rings is 1. The van der Waals surface area contributed by atoms with Crippen LogP contribution in [0.3, 0.4) is 0 Å². The molecule has 0 saturated carbocycles. The van der Waals surface area contributed by atoms with Crippen LogP contribution < -0.4 is 5.32 Å². The number of carbonyl (C=O) groups is 1. The quantitative estimate of drug-likeness (QED) is 0.848. The van der Waals surface area contributed by atoms with Gasteiger partial charge in [-0.05, 0) is 19.9 Å². The van der Waals surface area contributed by atoms with Gasteiger partial charge in [-0.3, -0.25) is 9.48 Å². The summed E-state index contributed by atoms with van der Waals surface area (Å²) in [6.45, 7) is 1.65. The average Bonchev–Trinajstić information content (AvgIpc) is 2.75. The smallest absolute Gasteiger partial charge is 0.257 e. The van der Waals surface area contributed by atoms with Crippen LogP contribution in [-0.2, 0) is 7.05 Å². The molecule has 6 heteroatoms. The monoisotopic (exact) mass is 258 g/mol. The van der Waals surface area contributed by atoms with E-state index in [4.69, 9.17) is 0 Å². The predicted molar refractivity (Wildman–Crippen MR) is 68.4 cm³/mol. The van der Waals surface area contributed by atoms with Gasteiger partial charge in [0.05, 0.1) is 11.8 Å². The van der Waals surface area contributed by atoms with Gasteiger partial charge in [-0.2, -0.15) is 5.10 Å². The summed E-state index contributed by atoms with van der Waals surface area (Å²) < 4.78 is 1.66. The minimum atomic E-state index is 0. The Bertz CT molecular complexity index is 379. The van der Waals surface area contributed by atoms with Crippen molar-refractivity contribution in [3.05, 3.63) is 18.0 Å². The van der Waals surface area contributed by atoms with Crippen molar-refractivity contribution in [3.8, 4) is 0 Å². The molecule has 0 aliphatic carbocycles. The molecule has 1 amide bonds. The summed E-state index contributed by atoms with van der Waals surface area (Å²) in [5.74, 6) is 0.0908. The Morgan fingerprint density at radius 3 is 2.94 bits per heavy atom. The average molecular weight is 259 g/mol. The Labute approximate surface area is 108 Å². The van der Waals surface area contributed by atoms with Gasteiger partial charge in [-0.25, -0.2) is 0 Å². The van der Waals surface area contributed by atoms with Gasteiger partial charge < -0.3 is 10.2 Å². The number of nitrogens with one attached hydrogen (secondary N) is 1. The summed E-state index contributed by atoms with van der Waals surface area (Å²) in [5.41, 5.74) is 0.680. The molecule has 2 heterocycles. The molecular weight excluding hydrogens is 240 g/mol. The van der Waals surface area contributed by atoms with Crippen molar-refractivity contribution in [2.45, 2.75) is 18.9 Å². The minimum absolute atomic E-state index is 0. The topological polar surface area (TPSA) is 50.2 Å². The van der Waals surface area contributed by atoms with E-state index >= 15 is 0 Å². The van der Waals surface area contributed by atoms with E-state index in [1.54, 1.807) is 17.1 Å². The molecule has 1 N–H and O–H groups in total. The normalized spacial score (nSPS) is 19.9. The number of likely N-dealkylation sites (N-methyl/N-ethyl adjacent to an activating group) is 1. The SMILES string of the molecule is CNC1CCCN(C(=O)c2cnn(C)c2)C1.Cl. The van der Waals surface area contributed by atoms with Crippen LogP contribution >= 0.6 is 12.4 Å². The van der Waals surface area contributed by atoms with Crippen LogP contribution in [0.25, 0.3) is 0 Å². The Kier molecular flexibility index (Phi) is 4.96. The lowest BCUT2D eigenvalue weighted by Crippen LogP contribution is -2.46. The second kappa shape index (κ2) is 6.02. The van der Waals surface area contributed by atoms with Crippen molar-refractivity contribution in [1.29, 1.82) is 0 Å². The number of aromatic nitrogens is 2. The van der Waals surface area contributed by atoms with Gasteiger partial charge in [0.25, 0.3) is 5.91 Å². The van der Waals surface area contributed by atoms with E-state index in [1.165, 1.54) is 0 Å². The third-order valence-electron chi connectivity index (χ3n) is 3.07. The van der Waals surface area contributed by atoms with Gasteiger partial charge in [0.15, 0.2) is 0 Å². The zero-order chi connectivity index (χ0) is 11.5. The number of nitrogens with zero attached hydrogens (tertiary/aromatic N) is 3. The molecular formula is C11H19ClN4O. The van der Waals surface area contributed by atoms with Crippen molar-refractivity contribution >= 4 is 18.3 Å². The number of aryl methyl sites for hydroxylation is 1. The van der Waals surface area contributed by atoms with Crippen molar-refractivity contribution < 1.29 is 4.79 Å². The standard InChI is InChI=1S/C11H18N4O.ClH/c1-12-10-4-3-5-15(8-10)11(16)9-6-13-14(2)7-9;/h6-7,10,12H,3-5,8H2,1-2H3;1H. The minimum Gasteiger partial charge on any atom is -0.337 e. The molecule has 1 fully saturated rings. The van der Waals surface area contributed by atoms with Crippen molar-refractivity contribution in [2.24, 2.45) is 7.05 Å². The summed E-state index contributed by atoms with van der Waals surface area (Å²) in [4.78, 5) is 14.0. The summed E-state index contributed by atoms with van der Waals surface area (Å²) in [5, 5.41) is 7.26. The second-order valence-corrected chi connectivity index (χ2v) is 4.28. The van der Waals surface area contributed by atoms with Crippen LogP contribution in [0.2, 0.25) is 0 Å². The van der Waals surface area contributed by atoms with E-state index in [9.17, 15) is 4.79 Å². The summed E-state index contributed by atoms with van der Waals surface area (Å²) in [6, 6.07) is 0.425. The molecule has 1 aromatic rings. The lowest BCUT2D eigenvalue weighted by Gasteiger charge is -2.32. The van der Waals surface area contributed by atoms with Gasteiger partial charge in [-0.15, -0.1) is 12.4 Å². The molecule has 1 saturated heterocycles. The van der Waals surface area contributed by atoms with Crippen LogP contribution in [0.4, 0.5) is 0 Å². The van der Waals surface area contributed by atoms with Crippen molar-refractivity contribution in [3.63, 3.8) is 0 Å². The van der Waals surface area contributed by atoms with Crippen LogP contribution in [0, 0.1) is 0 Å². The first kappa shape index (κ1) is 14.0. The highest BCUT2D eigenvalue weighted by atomic mass is 35.5. The largest absolute Gasteiger partial charge is 0.337 e. The van der Waals surface area contributed by atoms with E-state index < -0.39 is 0 Å². The number of hydrogen-bond acceptors (Lipinski definition) is 3. The molecule has 5 nitrogen and oxygen atoms in total. The first-order valence-electron chi connectivity index (χ1n) is 5.66. The van der Waals surface area contributed by atoms with Gasteiger partial charge in [0, 0.05) is 32.4 Å². The predicted octanol–water partition coefficient (Wildman–Crippen LogP) is 0.666. The Morgan fingerprint density at radius 2 is 2.35 bits per heavy atom. The van der Waals surface area contributed by atoms with E-state index in [-0.39, 0.29) is 18.3 Å². The van der Waals surface area contributed by atoms with Crippen molar-refractivity contribution in [1.82, 2.24) is 20.0 Å². The Balaban J connectivity index is 0.00000144. The molecule has 96 valence electrons. The maximum Gasteiger partial charge on any atom is 0.257 e. The highest BCUT2D eigenvalue weighted by Crippen LogP contribution is 2.13. The fourth-order valence-electron chi connectivity index (χ4n) is 2.11. The second-order valence-electron chi connectivity index (χ2n) is 4.28. The fourth-order valence-corrected chi connectivity index (χ4v) is 2.11. The lowest BCUT2D eigenvalue weighted by molar-refractivity contribution is 0.0698. The summed E-state index contributed by atoms with van der Waals surface area (Å²) in [6.07, 6.45) is 5.61. The van der Waals surface area contributed by atoms with E-state index in [0.717, 1.165) is 25.9 Å². The van der Waals surface area contributed by atoms with Crippen LogP contribution in [0.5, 0.6) is 0 Å². The first-order valence-corrected chi connectivity index (χ1v) is 5.66. The molecule has 1 unspecified atom stereocenters. The molecule has 0 spiro atoms. The lowest BCUT2D eigenvalue weighted by atomic mass is 10.1. The maximum absolute atomic E-state index is 12.1. The highest BCUT2D eigenvalue weighted by Gasteiger charge is 2.23. The number of rotatable bonds is 2. The molecule has 17 heavy (non-hydrogen) atoms. The van der Waals surface area contributed by atoms with Gasteiger partial charge >= 0.3 is 0 Å². The number of hydrogen-bond donors (Lipinski definition) is 1. The zero-order valence-corrected chi connectivity index (χ0v) is 11.0. The fraction of sp³-hybridized carbons (Fsp3) is 0.636. The van der Waals surface area contributed by atoms with Crippen LogP contribution in [0.15, 0.2) is 12.4 Å². The molecule has 1 aromatic heterocycles. The van der Waals surface area contributed by atoms with Gasteiger partial charge in [0.1, 0.15) is 0 Å². The number of amides is 1. The van der Waals surface area contributed by atoms with E-state index in [0.29, 0.717) is 11.6 Å². The molecule has 0 bridgehead atoms. The van der Waals surface area contributed by atoms with Crippen molar-refractivity contribution in [2.75, 3.05) is 20.1 Å². The van der Waals surface area contributed by atoms with Crippen LogP contribution in [-0.4, -0.2) is 46.8 Å². The zero-order valence-electron chi connectivity index (χ0n) is 10.2. The molecule has 0 radical (unpaired) electrons. The first-order chi connectivity index (χ1) is 7.70. The molecule has 0 aromatic carbocycles. The third-order valence-corrected chi connectivity index (χ3v) is 3.07. The molecule has 2 rings (SSSR count). The van der Waals surface area contributed by atoms with E-state index in [1.807, 2.05) is 19.0 Å². The summed E-state index contributed by atoms with van der Waals surface area (Å²) >= 11 is 0. The highest BCUT2D eigenvalue weighted by molar-refractivity contribution is 5.93. The Hall–Kier alpha value is -1.07.